The van der Waals surface area contributed by atoms with Crippen molar-refractivity contribution >= 4 is 23.3 Å². The Morgan fingerprint density at radius 2 is 2.14 bits per heavy atom. The first-order valence-electron chi connectivity index (χ1n) is 9.57. The molecule has 0 bridgehead atoms. The molecule has 9 heteroatoms. The third-order valence-corrected chi connectivity index (χ3v) is 6.12. The van der Waals surface area contributed by atoms with Crippen molar-refractivity contribution in [2.24, 2.45) is 17.6 Å². The third-order valence-electron chi connectivity index (χ3n) is 5.91. The van der Waals surface area contributed by atoms with Gasteiger partial charge in [-0.3, -0.25) is 14.8 Å². The topological polar surface area (TPSA) is 114 Å². The van der Waals surface area contributed by atoms with Gasteiger partial charge >= 0.3 is 0 Å². The number of rotatable bonds is 5. The molecule has 0 aromatic carbocycles. The van der Waals surface area contributed by atoms with E-state index >= 15 is 0 Å². The van der Waals surface area contributed by atoms with E-state index in [1.807, 2.05) is 24.0 Å². The van der Waals surface area contributed by atoms with Crippen molar-refractivity contribution < 1.29 is 4.79 Å². The second kappa shape index (κ2) is 6.89. The van der Waals surface area contributed by atoms with Crippen LogP contribution in [0.4, 0.5) is 5.82 Å². The maximum atomic E-state index is 13.2. The minimum Gasteiger partial charge on any atom is -0.325 e. The normalized spacial score (nSPS) is 22.8. The second-order valence-electron chi connectivity index (χ2n) is 7.65. The lowest BCUT2D eigenvalue weighted by molar-refractivity contribution is -0.121. The molecule has 2 fully saturated rings. The highest BCUT2D eigenvalue weighted by molar-refractivity contribution is 6.29. The number of nitrogens with two attached hydrogens (primary N) is 1. The summed E-state index contributed by atoms with van der Waals surface area (Å²) in [6.45, 7) is 2.26. The zero-order valence-corrected chi connectivity index (χ0v) is 16.6. The van der Waals surface area contributed by atoms with Crippen LogP contribution in [0.5, 0.6) is 0 Å². The van der Waals surface area contributed by atoms with Crippen molar-refractivity contribution in [3.8, 4) is 11.3 Å². The van der Waals surface area contributed by atoms with E-state index in [1.54, 1.807) is 18.5 Å². The molecule has 148 valence electrons. The molecule has 2 aliphatic rings. The third kappa shape index (κ3) is 3.08. The van der Waals surface area contributed by atoms with E-state index in [-0.39, 0.29) is 17.9 Å². The van der Waals surface area contributed by atoms with E-state index in [4.69, 9.17) is 17.3 Å². The number of aryl methyl sites for hydroxylation is 1. The Bertz CT molecular complexity index is 1100. The smallest absolute Gasteiger partial charge is 0.232 e. The summed E-state index contributed by atoms with van der Waals surface area (Å²) < 4.78 is 0. The number of H-pyrrole nitrogens is 1. The van der Waals surface area contributed by atoms with E-state index in [0.29, 0.717) is 24.0 Å². The minimum absolute atomic E-state index is 0.0793. The molecule has 1 saturated heterocycles. The summed E-state index contributed by atoms with van der Waals surface area (Å²) >= 11 is 5.98. The number of hydrogen-bond donors (Lipinski definition) is 2. The van der Waals surface area contributed by atoms with Gasteiger partial charge in [0, 0.05) is 30.1 Å². The first-order valence-corrected chi connectivity index (χ1v) is 9.95. The maximum Gasteiger partial charge on any atom is 0.232 e. The molecule has 3 unspecified atom stereocenters. The van der Waals surface area contributed by atoms with Crippen molar-refractivity contribution in [1.82, 2.24) is 25.4 Å². The minimum atomic E-state index is -0.0793. The largest absolute Gasteiger partial charge is 0.325 e. The van der Waals surface area contributed by atoms with Gasteiger partial charge in [0.2, 0.25) is 5.91 Å². The molecule has 1 amide bonds. The zero-order valence-electron chi connectivity index (χ0n) is 15.8. The van der Waals surface area contributed by atoms with Crippen molar-refractivity contribution in [1.29, 1.82) is 0 Å². The SMILES string of the molecule is Cc1cnncc1-c1cc(N2C(=O)C(Cc3ccc(Cl)nc3CN)C3CC32)[nH]n1. The monoisotopic (exact) mass is 409 g/mol. The van der Waals surface area contributed by atoms with Gasteiger partial charge in [-0.05, 0) is 42.9 Å². The van der Waals surface area contributed by atoms with Gasteiger partial charge < -0.3 is 5.73 Å². The van der Waals surface area contributed by atoms with E-state index in [2.05, 4.69) is 25.4 Å². The molecule has 1 saturated carbocycles. The van der Waals surface area contributed by atoms with Crippen LogP contribution in [0.15, 0.2) is 30.6 Å². The fourth-order valence-corrected chi connectivity index (χ4v) is 4.48. The number of pyridine rings is 1. The Kier molecular flexibility index (Phi) is 4.33. The molecule has 1 aliphatic heterocycles. The number of amides is 1. The van der Waals surface area contributed by atoms with Crippen LogP contribution >= 0.6 is 11.6 Å². The van der Waals surface area contributed by atoms with Crippen LogP contribution in [-0.2, 0) is 17.8 Å². The Morgan fingerprint density at radius 1 is 1.31 bits per heavy atom. The van der Waals surface area contributed by atoms with E-state index in [9.17, 15) is 4.79 Å². The number of piperidine rings is 1. The summed E-state index contributed by atoms with van der Waals surface area (Å²) in [5, 5.41) is 15.7. The van der Waals surface area contributed by atoms with Gasteiger partial charge in [0.05, 0.1) is 23.8 Å². The van der Waals surface area contributed by atoms with Gasteiger partial charge in [-0.2, -0.15) is 15.3 Å². The predicted molar refractivity (Wildman–Crippen MR) is 108 cm³/mol. The van der Waals surface area contributed by atoms with Crippen molar-refractivity contribution in [2.75, 3.05) is 4.90 Å². The van der Waals surface area contributed by atoms with Gasteiger partial charge in [-0.15, -0.1) is 0 Å². The summed E-state index contributed by atoms with van der Waals surface area (Å²) in [7, 11) is 0. The van der Waals surface area contributed by atoms with Gasteiger partial charge in [0.15, 0.2) is 0 Å². The second-order valence-corrected chi connectivity index (χ2v) is 8.04. The van der Waals surface area contributed by atoms with Gasteiger partial charge in [0.1, 0.15) is 11.0 Å². The number of nitrogens with zero attached hydrogens (tertiary/aromatic N) is 5. The van der Waals surface area contributed by atoms with Crippen LogP contribution in [0.3, 0.4) is 0 Å². The molecule has 5 rings (SSSR count). The first kappa shape index (κ1) is 18.2. The number of carbonyl (C=O) groups is 1. The average molecular weight is 410 g/mol. The van der Waals surface area contributed by atoms with Crippen LogP contribution in [-0.4, -0.2) is 37.3 Å². The number of hydrogen-bond acceptors (Lipinski definition) is 6. The number of aromatic nitrogens is 5. The Morgan fingerprint density at radius 3 is 2.93 bits per heavy atom. The highest BCUT2D eigenvalue weighted by atomic mass is 35.5. The highest BCUT2D eigenvalue weighted by Gasteiger charge is 2.59. The van der Waals surface area contributed by atoms with Gasteiger partial charge in [-0.1, -0.05) is 17.7 Å². The molecule has 8 nitrogen and oxygen atoms in total. The molecular formula is C20H20ClN7O. The molecule has 0 spiro atoms. The Hall–Kier alpha value is -2.84. The molecule has 3 atom stereocenters. The van der Waals surface area contributed by atoms with Gasteiger partial charge in [-0.25, -0.2) is 4.98 Å². The number of halogens is 1. The molecule has 3 aromatic rings. The van der Waals surface area contributed by atoms with Crippen molar-refractivity contribution in [2.45, 2.75) is 32.4 Å². The van der Waals surface area contributed by atoms with Crippen LogP contribution in [0.2, 0.25) is 5.15 Å². The first-order chi connectivity index (χ1) is 14.1. The summed E-state index contributed by atoms with van der Waals surface area (Å²) in [5.41, 5.74) is 10.2. The summed E-state index contributed by atoms with van der Waals surface area (Å²) in [6, 6.07) is 5.82. The number of anilines is 1. The predicted octanol–water partition coefficient (Wildman–Crippen LogP) is 2.28. The molecule has 4 heterocycles. The molecule has 1 aliphatic carbocycles. The Balaban J connectivity index is 1.40. The number of fused-ring (bicyclic) bond motifs is 1. The van der Waals surface area contributed by atoms with Crippen LogP contribution < -0.4 is 10.6 Å². The summed E-state index contributed by atoms with van der Waals surface area (Å²) in [6.07, 6.45) is 5.01. The zero-order chi connectivity index (χ0) is 20.1. The molecule has 3 aromatic heterocycles. The lowest BCUT2D eigenvalue weighted by atomic mass is 9.94. The molecule has 0 radical (unpaired) electrons. The van der Waals surface area contributed by atoms with E-state index in [1.165, 1.54) is 0 Å². The molecule has 3 N–H and O–H groups in total. The standard InChI is InChI=1S/C20H20ClN7O/c1-10-8-23-24-9-14(10)15-6-19(27-26-15)28-17-5-12(17)13(20(28)29)4-11-2-3-18(21)25-16(11)7-22/h2-3,6,8-9,12-13,17H,4-5,7,22H2,1H3,(H,26,27). The van der Waals surface area contributed by atoms with Crippen molar-refractivity contribution in [3.63, 3.8) is 0 Å². The van der Waals surface area contributed by atoms with Crippen LogP contribution in [0, 0.1) is 18.8 Å². The van der Waals surface area contributed by atoms with Crippen LogP contribution in [0.1, 0.15) is 23.2 Å². The fourth-order valence-electron chi connectivity index (χ4n) is 4.32. The lowest BCUT2D eigenvalue weighted by Crippen LogP contribution is -2.32. The quantitative estimate of drug-likeness (QED) is 0.625. The number of aromatic amines is 1. The van der Waals surface area contributed by atoms with Gasteiger partial charge in [0.25, 0.3) is 0 Å². The lowest BCUT2D eigenvalue weighted by Gasteiger charge is -2.19. The summed E-state index contributed by atoms with van der Waals surface area (Å²) in [5.74, 6) is 1.11. The number of nitrogens with one attached hydrogen (secondary N) is 1. The summed E-state index contributed by atoms with van der Waals surface area (Å²) in [4.78, 5) is 19.4. The molecular weight excluding hydrogens is 390 g/mol. The van der Waals surface area contributed by atoms with Crippen molar-refractivity contribution in [3.05, 3.63) is 52.6 Å². The van der Waals surface area contributed by atoms with Crippen LogP contribution in [0.25, 0.3) is 11.3 Å². The van der Waals surface area contributed by atoms with E-state index < -0.39 is 0 Å². The average Bonchev–Trinajstić information content (AvgIpc) is 3.23. The Labute approximate surface area is 172 Å². The number of carbonyl (C=O) groups excluding carboxylic acids is 1. The van der Waals surface area contributed by atoms with E-state index in [0.717, 1.165) is 40.3 Å². The highest BCUT2D eigenvalue weighted by Crippen LogP contribution is 2.51. The fraction of sp³-hybridized carbons (Fsp3) is 0.350. The molecule has 29 heavy (non-hydrogen) atoms. The maximum absolute atomic E-state index is 13.2.